The fraction of sp³-hybridized carbons (Fsp3) is 0.714. The van der Waals surface area contributed by atoms with Gasteiger partial charge in [0, 0.05) is 17.9 Å². The largest absolute Gasteiger partial charge is 0.550 e. The quantitative estimate of drug-likeness (QED) is 0.627. The Bertz CT molecular complexity index is 482. The highest BCUT2D eigenvalue weighted by atomic mass is 16.5. The molecule has 1 amide bonds. The molecule has 5 heteroatoms. The van der Waals surface area contributed by atoms with Crippen LogP contribution in [0.2, 0.25) is 0 Å². The number of hydrogen-bond donors (Lipinski definition) is 0. The molecule has 0 unspecified atom stereocenters. The fourth-order valence-corrected chi connectivity index (χ4v) is 4.32. The Morgan fingerprint density at radius 1 is 1.42 bits per heavy atom. The minimum absolute atomic E-state index is 0.0482. The molecule has 3 fully saturated rings. The molecule has 19 heavy (non-hydrogen) atoms. The highest BCUT2D eigenvalue weighted by Gasteiger charge is 2.65. The van der Waals surface area contributed by atoms with Crippen molar-refractivity contribution >= 4 is 11.9 Å². The van der Waals surface area contributed by atoms with Crippen molar-refractivity contribution in [3.8, 4) is 0 Å². The van der Waals surface area contributed by atoms with E-state index in [-0.39, 0.29) is 11.9 Å². The second-order valence-corrected chi connectivity index (χ2v) is 6.12. The Labute approximate surface area is 111 Å². The number of hydrogen-bond acceptors (Lipinski definition) is 4. The number of carbonyl (C=O) groups excluding carboxylic acids is 2. The van der Waals surface area contributed by atoms with E-state index in [4.69, 9.17) is 4.74 Å². The number of nitrogens with zero attached hydrogens (tertiary/aromatic N) is 1. The van der Waals surface area contributed by atoms with E-state index in [1.54, 1.807) is 6.08 Å². The van der Waals surface area contributed by atoms with Crippen LogP contribution in [0.3, 0.4) is 0 Å². The van der Waals surface area contributed by atoms with Gasteiger partial charge in [-0.1, -0.05) is 25.0 Å². The van der Waals surface area contributed by atoms with Crippen LogP contribution in [-0.2, 0) is 14.3 Å². The van der Waals surface area contributed by atoms with E-state index in [0.29, 0.717) is 6.54 Å². The normalized spacial score (nSPS) is 44.3. The lowest BCUT2D eigenvalue weighted by Crippen LogP contribution is -2.45. The average molecular weight is 262 g/mol. The topological polar surface area (TPSA) is 69.7 Å². The van der Waals surface area contributed by atoms with E-state index in [0.717, 1.165) is 25.7 Å². The summed E-state index contributed by atoms with van der Waals surface area (Å²) in [6.45, 7) is 0.512. The van der Waals surface area contributed by atoms with Gasteiger partial charge in [0.15, 0.2) is 0 Å². The zero-order valence-corrected chi connectivity index (χ0v) is 10.6. The zero-order chi connectivity index (χ0) is 13.2. The van der Waals surface area contributed by atoms with Gasteiger partial charge in [-0.15, -0.1) is 0 Å². The molecular weight excluding hydrogens is 246 g/mol. The van der Waals surface area contributed by atoms with E-state index in [1.807, 2.05) is 11.0 Å². The molecule has 0 aromatic carbocycles. The Balaban J connectivity index is 1.69. The number of amides is 1. The minimum Gasteiger partial charge on any atom is -0.550 e. The molecule has 0 N–H and O–H groups in total. The summed E-state index contributed by atoms with van der Waals surface area (Å²) in [5, 5.41) is 11.3. The number of rotatable bonds is 2. The average Bonchev–Trinajstić information content (AvgIpc) is 3.09. The maximum atomic E-state index is 12.6. The first-order valence-corrected chi connectivity index (χ1v) is 7.01. The smallest absolute Gasteiger partial charge is 0.230 e. The lowest BCUT2D eigenvalue weighted by molar-refractivity contribution is -0.313. The van der Waals surface area contributed by atoms with E-state index in [1.165, 1.54) is 0 Å². The molecule has 3 heterocycles. The van der Waals surface area contributed by atoms with Gasteiger partial charge >= 0.3 is 0 Å². The summed E-state index contributed by atoms with van der Waals surface area (Å²) in [7, 11) is 0. The number of ether oxygens (including phenoxy) is 1. The van der Waals surface area contributed by atoms with Gasteiger partial charge in [-0.25, -0.2) is 0 Å². The molecule has 4 rings (SSSR count). The maximum Gasteiger partial charge on any atom is 0.230 e. The number of aliphatic carboxylic acids is 1. The van der Waals surface area contributed by atoms with Crippen LogP contribution in [0, 0.1) is 11.8 Å². The van der Waals surface area contributed by atoms with Crippen LogP contribution in [-0.4, -0.2) is 41.1 Å². The summed E-state index contributed by atoms with van der Waals surface area (Å²) in [5.74, 6) is -2.60. The summed E-state index contributed by atoms with van der Waals surface area (Å²) >= 11 is 0. The number of carboxylic acids is 1. The van der Waals surface area contributed by atoms with Gasteiger partial charge in [-0.3, -0.25) is 4.79 Å². The van der Waals surface area contributed by atoms with Crippen LogP contribution in [0.15, 0.2) is 12.2 Å². The molecule has 1 saturated carbocycles. The predicted molar refractivity (Wildman–Crippen MR) is 62.7 cm³/mol. The molecule has 1 aliphatic carbocycles. The molecule has 5 nitrogen and oxygen atoms in total. The van der Waals surface area contributed by atoms with Crippen LogP contribution >= 0.6 is 0 Å². The third-order valence-corrected chi connectivity index (χ3v) is 5.17. The first-order chi connectivity index (χ1) is 9.12. The highest BCUT2D eigenvalue weighted by Crippen LogP contribution is 2.52. The fourth-order valence-electron chi connectivity index (χ4n) is 4.32. The summed E-state index contributed by atoms with van der Waals surface area (Å²) in [6.07, 6.45) is 7.54. The van der Waals surface area contributed by atoms with Gasteiger partial charge in [0.1, 0.15) is 5.60 Å². The molecule has 4 atom stereocenters. The van der Waals surface area contributed by atoms with Gasteiger partial charge in [-0.05, 0) is 12.8 Å². The molecule has 102 valence electrons. The van der Waals surface area contributed by atoms with Gasteiger partial charge in [-0.2, -0.15) is 0 Å². The van der Waals surface area contributed by atoms with Crippen molar-refractivity contribution in [2.45, 2.75) is 43.4 Å². The second kappa shape index (κ2) is 3.60. The monoisotopic (exact) mass is 262 g/mol. The predicted octanol–water partition coefficient (Wildman–Crippen LogP) is -0.539. The summed E-state index contributed by atoms with van der Waals surface area (Å²) in [6, 6.07) is 0.269. The minimum atomic E-state index is -1.16. The lowest BCUT2D eigenvalue weighted by Gasteiger charge is -2.27. The third-order valence-electron chi connectivity index (χ3n) is 5.17. The van der Waals surface area contributed by atoms with Crippen LogP contribution in [0.1, 0.15) is 25.7 Å². The van der Waals surface area contributed by atoms with Crippen LogP contribution < -0.4 is 5.11 Å². The van der Waals surface area contributed by atoms with Gasteiger partial charge < -0.3 is 19.5 Å². The molecule has 4 aliphatic rings. The molecule has 2 saturated heterocycles. The number of fused-ring (bicyclic) bond motifs is 1. The second-order valence-electron chi connectivity index (χ2n) is 6.12. The van der Waals surface area contributed by atoms with Crippen molar-refractivity contribution in [1.29, 1.82) is 0 Å². The first kappa shape index (κ1) is 11.5. The van der Waals surface area contributed by atoms with Crippen molar-refractivity contribution in [1.82, 2.24) is 4.90 Å². The zero-order valence-electron chi connectivity index (χ0n) is 10.6. The Morgan fingerprint density at radius 3 is 2.84 bits per heavy atom. The molecular formula is C14H16NO4-. The van der Waals surface area contributed by atoms with Gasteiger partial charge in [0.25, 0.3) is 0 Å². The summed E-state index contributed by atoms with van der Waals surface area (Å²) in [5.41, 5.74) is -0.699. The third kappa shape index (κ3) is 1.34. The number of carbonyl (C=O) groups is 2. The van der Waals surface area contributed by atoms with E-state index in [2.05, 4.69) is 0 Å². The molecule has 0 radical (unpaired) electrons. The number of likely N-dealkylation sites (tertiary alicyclic amines) is 1. The van der Waals surface area contributed by atoms with Crippen molar-refractivity contribution in [2.24, 2.45) is 11.8 Å². The van der Waals surface area contributed by atoms with Crippen molar-refractivity contribution in [3.63, 3.8) is 0 Å². The lowest BCUT2D eigenvalue weighted by atomic mass is 9.77. The van der Waals surface area contributed by atoms with Crippen LogP contribution in [0.25, 0.3) is 0 Å². The number of carboxylic acid groups (broad SMARTS) is 1. The standard InChI is InChI=1S/C14H17NO4/c16-12-11-10(13(17)18)9-5-6-14(11,19-9)7-15(12)8-3-1-2-4-8/h5-6,8-11H,1-4,7H2,(H,17,18)/p-1/t9-,10-,11+,14-/m1/s1. The molecule has 0 aromatic heterocycles. The van der Waals surface area contributed by atoms with Crippen molar-refractivity contribution in [3.05, 3.63) is 12.2 Å². The Morgan fingerprint density at radius 2 is 2.16 bits per heavy atom. The summed E-state index contributed by atoms with van der Waals surface area (Å²) < 4.78 is 5.82. The first-order valence-electron chi connectivity index (χ1n) is 7.01. The Hall–Kier alpha value is -1.36. The SMILES string of the molecule is O=C([O-])[C@H]1[C@H]2C(=O)N(C3CCCC3)C[C@]23C=C[C@H]1O3. The van der Waals surface area contributed by atoms with Gasteiger partial charge in [0.2, 0.25) is 5.91 Å². The molecule has 2 bridgehead atoms. The van der Waals surface area contributed by atoms with Gasteiger partial charge in [0.05, 0.1) is 18.6 Å². The van der Waals surface area contributed by atoms with Crippen LogP contribution in [0.5, 0.6) is 0 Å². The van der Waals surface area contributed by atoms with Crippen molar-refractivity contribution < 1.29 is 19.4 Å². The summed E-state index contributed by atoms with van der Waals surface area (Å²) in [4.78, 5) is 25.8. The van der Waals surface area contributed by atoms with E-state index < -0.39 is 29.5 Å². The maximum absolute atomic E-state index is 12.6. The molecule has 0 aromatic rings. The van der Waals surface area contributed by atoms with Crippen LogP contribution in [0.4, 0.5) is 0 Å². The van der Waals surface area contributed by atoms with Crippen molar-refractivity contribution in [2.75, 3.05) is 6.54 Å². The van der Waals surface area contributed by atoms with E-state index >= 15 is 0 Å². The Kier molecular flexibility index (Phi) is 2.17. The molecule has 1 spiro atoms. The highest BCUT2D eigenvalue weighted by molar-refractivity contribution is 5.90. The van der Waals surface area contributed by atoms with E-state index in [9.17, 15) is 14.7 Å². The molecule has 3 aliphatic heterocycles.